The van der Waals surface area contributed by atoms with E-state index in [0.29, 0.717) is 74.3 Å². The maximum atomic E-state index is 13.8. The molecule has 6 rings (SSSR count). The fourth-order valence-corrected chi connectivity index (χ4v) is 6.33. The molecule has 1 amide bonds. The van der Waals surface area contributed by atoms with Gasteiger partial charge in [-0.1, -0.05) is 65.7 Å². The summed E-state index contributed by atoms with van der Waals surface area (Å²) in [6.07, 6.45) is 1.83. The molecule has 1 aliphatic rings. The first-order valence-electron chi connectivity index (χ1n) is 16.1. The van der Waals surface area contributed by atoms with Crippen LogP contribution in [0.3, 0.4) is 0 Å². The Kier molecular flexibility index (Phi) is 11.7. The lowest BCUT2D eigenvalue weighted by atomic mass is 10.1. The maximum Gasteiger partial charge on any atom is 0.271 e. The number of rotatable bonds is 13. The molecule has 1 heterocycles. The van der Waals surface area contributed by atoms with E-state index < -0.39 is 0 Å². The molecule has 1 aliphatic heterocycles. The van der Waals surface area contributed by atoms with Gasteiger partial charge in [0.1, 0.15) is 13.2 Å². The number of aliphatic imine (C=N–C) groups is 1. The van der Waals surface area contributed by atoms with E-state index in [2.05, 4.69) is 0 Å². The number of hydrogen-bond acceptors (Lipinski definition) is 7. The van der Waals surface area contributed by atoms with Crippen LogP contribution in [-0.2, 0) is 18.0 Å². The van der Waals surface area contributed by atoms with Crippen LogP contribution in [0.1, 0.15) is 30.5 Å². The number of anilines is 1. The van der Waals surface area contributed by atoms with E-state index in [0.717, 1.165) is 16.7 Å². The van der Waals surface area contributed by atoms with Crippen molar-refractivity contribution in [3.8, 4) is 23.0 Å². The summed E-state index contributed by atoms with van der Waals surface area (Å²) in [5, 5.41) is 1.69. The molecular weight excluding hydrogens is 691 g/mol. The summed E-state index contributed by atoms with van der Waals surface area (Å²) in [6, 6.07) is 35.6. The number of amidine groups is 1. The quantitative estimate of drug-likeness (QED) is 0.113. The number of ether oxygens (including phenoxy) is 4. The largest absolute Gasteiger partial charge is 0.490 e. The van der Waals surface area contributed by atoms with E-state index >= 15 is 0 Å². The highest BCUT2D eigenvalue weighted by Crippen LogP contribution is 2.39. The van der Waals surface area contributed by atoms with Crippen LogP contribution in [0.5, 0.6) is 23.0 Å². The summed E-state index contributed by atoms with van der Waals surface area (Å²) < 4.78 is 24.2. The molecule has 1 saturated heterocycles. The third-order valence-corrected chi connectivity index (χ3v) is 8.92. The number of carbonyl (C=O) groups excluding carboxylic acids is 1. The van der Waals surface area contributed by atoms with Crippen LogP contribution in [0.25, 0.3) is 6.08 Å². The lowest BCUT2D eigenvalue weighted by molar-refractivity contribution is -0.113. The summed E-state index contributed by atoms with van der Waals surface area (Å²) in [7, 11) is 0. The Labute approximate surface area is 306 Å². The number of amides is 1. The smallest absolute Gasteiger partial charge is 0.271 e. The van der Waals surface area contributed by atoms with Crippen molar-refractivity contribution in [3.63, 3.8) is 0 Å². The maximum absolute atomic E-state index is 13.8. The van der Waals surface area contributed by atoms with E-state index in [-0.39, 0.29) is 12.5 Å². The summed E-state index contributed by atoms with van der Waals surface area (Å²) in [5.41, 5.74) is 4.10. The van der Waals surface area contributed by atoms with Gasteiger partial charge in [-0.05, 0) is 121 Å². The molecule has 0 aliphatic carbocycles. The number of halogens is 2. The average molecular weight is 726 g/mol. The molecule has 5 aromatic rings. The van der Waals surface area contributed by atoms with Gasteiger partial charge < -0.3 is 18.9 Å². The zero-order valence-electron chi connectivity index (χ0n) is 27.5. The minimum Gasteiger partial charge on any atom is -0.490 e. The monoisotopic (exact) mass is 724 g/mol. The Morgan fingerprint density at radius 1 is 0.660 bits per heavy atom. The summed E-state index contributed by atoms with van der Waals surface area (Å²) >= 11 is 13.5. The second-order valence-corrected chi connectivity index (χ2v) is 12.9. The topological polar surface area (TPSA) is 69.6 Å². The first-order chi connectivity index (χ1) is 24.4. The molecule has 10 heteroatoms. The van der Waals surface area contributed by atoms with Crippen molar-refractivity contribution in [2.24, 2.45) is 4.99 Å². The predicted octanol–water partition coefficient (Wildman–Crippen LogP) is 10.8. The molecule has 254 valence electrons. The SMILES string of the molecule is CCOc1cc(/C=C2/SC(=Nc3ccc(Cl)cc3)N(c3ccc(Cl)cc3)C2=O)ccc1OCc1ccc(OCc2ccccc2)c(OCC)c1. The van der Waals surface area contributed by atoms with Crippen LogP contribution in [0.4, 0.5) is 11.4 Å². The van der Waals surface area contributed by atoms with Crippen molar-refractivity contribution in [2.45, 2.75) is 27.1 Å². The third-order valence-electron chi connectivity index (χ3n) is 7.45. The summed E-state index contributed by atoms with van der Waals surface area (Å²) in [4.78, 5) is 20.7. The molecule has 0 radical (unpaired) electrons. The van der Waals surface area contributed by atoms with E-state index in [1.165, 1.54) is 11.8 Å². The van der Waals surface area contributed by atoms with E-state index in [9.17, 15) is 4.79 Å². The summed E-state index contributed by atoms with van der Waals surface area (Å²) in [5.74, 6) is 2.26. The van der Waals surface area contributed by atoms with Gasteiger partial charge in [0, 0.05) is 10.0 Å². The number of carbonyl (C=O) groups is 1. The van der Waals surface area contributed by atoms with E-state index in [1.54, 1.807) is 53.4 Å². The van der Waals surface area contributed by atoms with Crippen LogP contribution in [-0.4, -0.2) is 24.3 Å². The van der Waals surface area contributed by atoms with Crippen molar-refractivity contribution in [1.29, 1.82) is 0 Å². The predicted molar refractivity (Wildman–Crippen MR) is 203 cm³/mol. The van der Waals surface area contributed by atoms with Crippen molar-refractivity contribution in [1.82, 2.24) is 0 Å². The number of nitrogens with zero attached hydrogens (tertiary/aromatic N) is 2. The van der Waals surface area contributed by atoms with Crippen molar-refractivity contribution >= 4 is 63.5 Å². The van der Waals surface area contributed by atoms with Crippen LogP contribution in [0, 0.1) is 0 Å². The average Bonchev–Trinajstić information content (AvgIpc) is 3.42. The Morgan fingerprint density at radius 3 is 1.92 bits per heavy atom. The van der Waals surface area contributed by atoms with Gasteiger partial charge >= 0.3 is 0 Å². The van der Waals surface area contributed by atoms with Crippen molar-refractivity contribution in [2.75, 3.05) is 18.1 Å². The lowest BCUT2D eigenvalue weighted by Gasteiger charge is -2.16. The summed E-state index contributed by atoms with van der Waals surface area (Å²) in [6.45, 7) is 5.52. The minimum atomic E-state index is -0.204. The van der Waals surface area contributed by atoms with E-state index in [4.69, 9.17) is 47.1 Å². The van der Waals surface area contributed by atoms with Crippen LogP contribution in [0.2, 0.25) is 10.0 Å². The Balaban J connectivity index is 1.21. The van der Waals surface area contributed by atoms with Crippen LogP contribution < -0.4 is 23.8 Å². The number of benzene rings is 5. The van der Waals surface area contributed by atoms with Gasteiger partial charge in [-0.3, -0.25) is 9.69 Å². The van der Waals surface area contributed by atoms with Gasteiger partial charge in [-0.2, -0.15) is 0 Å². The molecule has 0 aromatic heterocycles. The molecule has 0 unspecified atom stereocenters. The third kappa shape index (κ3) is 8.82. The molecule has 1 fully saturated rings. The fourth-order valence-electron chi connectivity index (χ4n) is 5.07. The second kappa shape index (κ2) is 16.7. The van der Waals surface area contributed by atoms with Crippen LogP contribution >= 0.6 is 35.0 Å². The van der Waals surface area contributed by atoms with Gasteiger partial charge in [0.2, 0.25) is 0 Å². The highest BCUT2D eigenvalue weighted by Gasteiger charge is 2.35. The molecule has 0 atom stereocenters. The van der Waals surface area contributed by atoms with Crippen LogP contribution in [0.15, 0.2) is 125 Å². The minimum absolute atomic E-state index is 0.204. The number of hydrogen-bond donors (Lipinski definition) is 0. The Bertz CT molecular complexity index is 2000. The molecule has 5 aromatic carbocycles. The van der Waals surface area contributed by atoms with Gasteiger partial charge in [-0.25, -0.2) is 4.99 Å². The highest BCUT2D eigenvalue weighted by molar-refractivity contribution is 8.19. The normalized spacial score (nSPS) is 14.3. The first kappa shape index (κ1) is 35.0. The molecule has 0 bridgehead atoms. The van der Waals surface area contributed by atoms with Gasteiger partial charge in [0.25, 0.3) is 5.91 Å². The zero-order chi connectivity index (χ0) is 34.9. The molecule has 0 saturated carbocycles. The second-order valence-electron chi connectivity index (χ2n) is 11.0. The standard InChI is InChI=1S/C40H34Cl2N2O5S/c1-3-46-36-22-28(10-20-34(36)49-26-29-11-21-35(37(23-29)47-4-2)48-25-27-8-6-5-7-9-27)24-38-39(45)44(33-18-14-31(42)15-19-33)40(50-38)43-32-16-12-30(41)13-17-32/h5-24H,3-4,25-26H2,1-2H3/b38-24+,43-40?. The molecule has 7 nitrogen and oxygen atoms in total. The lowest BCUT2D eigenvalue weighted by Crippen LogP contribution is -2.28. The highest BCUT2D eigenvalue weighted by atomic mass is 35.5. The molecule has 50 heavy (non-hydrogen) atoms. The van der Waals surface area contributed by atoms with Crippen molar-refractivity contribution in [3.05, 3.63) is 147 Å². The molecule has 0 N–H and O–H groups in total. The van der Waals surface area contributed by atoms with Gasteiger partial charge in [-0.15, -0.1) is 0 Å². The zero-order valence-corrected chi connectivity index (χ0v) is 29.8. The number of thioether (sulfide) groups is 1. The Hall–Kier alpha value is -4.89. The van der Waals surface area contributed by atoms with E-state index in [1.807, 2.05) is 86.7 Å². The van der Waals surface area contributed by atoms with Gasteiger partial charge in [0.05, 0.1) is 29.5 Å². The molecular formula is C40H34Cl2N2O5S. The first-order valence-corrected chi connectivity index (χ1v) is 17.6. The fraction of sp³-hybridized carbons (Fsp3) is 0.150. The molecule has 0 spiro atoms. The van der Waals surface area contributed by atoms with Crippen molar-refractivity contribution < 1.29 is 23.7 Å². The van der Waals surface area contributed by atoms with Gasteiger partial charge in [0.15, 0.2) is 28.2 Å². The Morgan fingerprint density at radius 2 is 1.26 bits per heavy atom.